The van der Waals surface area contributed by atoms with Crippen LogP contribution in [0.4, 0.5) is 26.2 Å². The summed E-state index contributed by atoms with van der Waals surface area (Å²) in [5.41, 5.74) is 3.61. The van der Waals surface area contributed by atoms with Gasteiger partial charge in [-0.05, 0) is 37.1 Å². The van der Waals surface area contributed by atoms with Gasteiger partial charge >= 0.3 is 0 Å². The van der Waals surface area contributed by atoms with Crippen LogP contribution in [0.5, 0.6) is 5.88 Å². The molecule has 15 nitrogen and oxygen atoms in total. The van der Waals surface area contributed by atoms with E-state index in [1.165, 1.54) is 37.7 Å². The first kappa shape index (κ1) is 34.1. The molecule has 2 aliphatic rings. The number of rotatable bonds is 11. The highest BCUT2D eigenvalue weighted by Crippen LogP contribution is 2.35. The van der Waals surface area contributed by atoms with Gasteiger partial charge in [-0.3, -0.25) is 9.52 Å². The van der Waals surface area contributed by atoms with E-state index in [1.54, 1.807) is 0 Å². The van der Waals surface area contributed by atoms with E-state index in [4.69, 9.17) is 29.0 Å². The molecule has 1 atom stereocenters. The normalized spacial score (nSPS) is 16.7. The average Bonchev–Trinajstić information content (AvgIpc) is 3.09. The zero-order valence-electron chi connectivity index (χ0n) is 26.7. The number of carbonyl (C=O) groups excluding carboxylic acids is 1. The highest BCUT2D eigenvalue weighted by Gasteiger charge is 2.22. The number of sulfonamides is 1. The zero-order chi connectivity index (χ0) is 34.5. The van der Waals surface area contributed by atoms with E-state index in [0.717, 1.165) is 25.2 Å². The van der Waals surface area contributed by atoms with Crippen LogP contribution < -0.4 is 25.2 Å². The Labute approximate surface area is 280 Å². The number of anilines is 3. The minimum atomic E-state index is -3.71. The van der Waals surface area contributed by atoms with Crippen molar-refractivity contribution in [2.45, 2.75) is 32.1 Å². The average molecular weight is 701 g/mol. The number of methoxy groups -OCH3 is 1. The molecule has 18 heteroatoms. The van der Waals surface area contributed by atoms with Gasteiger partial charge in [-0.15, -0.1) is 0 Å². The lowest BCUT2D eigenvalue weighted by molar-refractivity contribution is -0.186. The maximum Gasteiger partial charge on any atom is 0.276 e. The van der Waals surface area contributed by atoms with Gasteiger partial charge in [0.05, 0.1) is 43.4 Å². The molecule has 1 amide bonds. The van der Waals surface area contributed by atoms with Crippen LogP contribution in [0.15, 0.2) is 36.7 Å². The number of nitrogens with one attached hydrogen (secondary N) is 3. The second-order valence-corrected chi connectivity index (χ2v) is 13.1. The molecule has 2 aliphatic heterocycles. The van der Waals surface area contributed by atoms with Crippen LogP contribution in [-0.4, -0.2) is 86.8 Å². The van der Waals surface area contributed by atoms with Crippen molar-refractivity contribution in [3.05, 3.63) is 59.4 Å². The standard InChI is InChI=1S/C31H34F2N8O7S/c1-45-30-24(40-49(2,43)44)13-19(16-36-30)27-22-14-21(32)11-18(26(22)37-31(38-27)41-6-9-46-10-7-41)15-34-28-23(33)12-20(17-35-28)29(42)39-48-25-5-3-4-8-47-25/h11-14,16-17,25,40H,3-10,15H2,1-2H3,(H,34,35)(H,39,42). The molecule has 3 aromatic heterocycles. The van der Waals surface area contributed by atoms with Crippen molar-refractivity contribution in [1.29, 1.82) is 0 Å². The summed E-state index contributed by atoms with van der Waals surface area (Å²) in [5.74, 6) is -1.95. The smallest absolute Gasteiger partial charge is 0.276 e. The van der Waals surface area contributed by atoms with Crippen LogP contribution in [0.2, 0.25) is 0 Å². The van der Waals surface area contributed by atoms with Crippen molar-refractivity contribution < 1.29 is 41.0 Å². The van der Waals surface area contributed by atoms with Crippen molar-refractivity contribution in [2.75, 3.05) is 61.2 Å². The van der Waals surface area contributed by atoms with E-state index in [-0.39, 0.29) is 35.2 Å². The van der Waals surface area contributed by atoms with Crippen molar-refractivity contribution in [2.24, 2.45) is 0 Å². The van der Waals surface area contributed by atoms with E-state index in [9.17, 15) is 13.2 Å². The van der Waals surface area contributed by atoms with Crippen molar-refractivity contribution >= 4 is 44.3 Å². The molecule has 4 aromatic rings. The van der Waals surface area contributed by atoms with E-state index in [0.29, 0.717) is 67.3 Å². The molecule has 2 saturated heterocycles. The van der Waals surface area contributed by atoms with Crippen molar-refractivity contribution in [1.82, 2.24) is 25.4 Å². The molecular formula is C31H34F2N8O7S. The first-order valence-electron chi connectivity index (χ1n) is 15.4. The summed E-state index contributed by atoms with van der Waals surface area (Å²) in [5, 5.41) is 3.17. The first-order valence-corrected chi connectivity index (χ1v) is 17.3. The molecule has 0 aliphatic carbocycles. The summed E-state index contributed by atoms with van der Waals surface area (Å²) in [6.45, 7) is 2.31. The van der Waals surface area contributed by atoms with E-state index < -0.39 is 33.9 Å². The molecule has 260 valence electrons. The zero-order valence-corrected chi connectivity index (χ0v) is 27.5. The fourth-order valence-corrected chi connectivity index (χ4v) is 5.93. The highest BCUT2D eigenvalue weighted by molar-refractivity contribution is 7.92. The highest BCUT2D eigenvalue weighted by atomic mass is 32.2. The Morgan fingerprint density at radius 2 is 1.88 bits per heavy atom. The number of halogens is 2. The molecule has 2 fully saturated rings. The molecule has 1 unspecified atom stereocenters. The van der Waals surface area contributed by atoms with Crippen LogP contribution in [0.25, 0.3) is 22.2 Å². The fraction of sp³-hybridized carbons (Fsp3) is 0.387. The third-order valence-electron chi connectivity index (χ3n) is 7.71. The Bertz CT molecular complexity index is 1960. The van der Waals surface area contributed by atoms with Gasteiger partial charge in [-0.2, -0.15) is 0 Å². The van der Waals surface area contributed by atoms with E-state index >= 15 is 8.78 Å². The summed E-state index contributed by atoms with van der Waals surface area (Å²) in [6, 6.07) is 5.03. The molecule has 49 heavy (non-hydrogen) atoms. The van der Waals surface area contributed by atoms with Crippen LogP contribution in [-0.2, 0) is 30.9 Å². The Balaban J connectivity index is 1.32. The van der Waals surface area contributed by atoms with Gasteiger partial charge in [0.2, 0.25) is 21.9 Å². The molecular weight excluding hydrogens is 666 g/mol. The third-order valence-corrected chi connectivity index (χ3v) is 8.30. The number of hydrogen-bond acceptors (Lipinski definition) is 13. The number of ether oxygens (including phenoxy) is 3. The molecule has 0 saturated carbocycles. The number of morpholine rings is 1. The number of pyridine rings is 2. The van der Waals surface area contributed by atoms with Gasteiger partial charge in [0.25, 0.3) is 5.91 Å². The quantitative estimate of drug-likeness (QED) is 0.194. The van der Waals surface area contributed by atoms with Gasteiger partial charge < -0.3 is 24.4 Å². The number of aromatic nitrogens is 4. The number of amides is 1. The predicted octanol–water partition coefficient (Wildman–Crippen LogP) is 3.38. The molecule has 1 aromatic carbocycles. The number of hydroxylamine groups is 1. The molecule has 6 rings (SSSR count). The van der Waals surface area contributed by atoms with E-state index in [2.05, 4.69) is 25.5 Å². The minimum Gasteiger partial charge on any atom is -0.480 e. The fourth-order valence-electron chi connectivity index (χ4n) is 5.38. The lowest BCUT2D eigenvalue weighted by Gasteiger charge is -2.27. The Kier molecular flexibility index (Phi) is 10.3. The van der Waals surface area contributed by atoms with Crippen LogP contribution in [0.1, 0.15) is 35.2 Å². The lowest BCUT2D eigenvalue weighted by atomic mass is 10.0. The topological polar surface area (TPSA) is 179 Å². The first-order chi connectivity index (χ1) is 23.6. The second-order valence-electron chi connectivity index (χ2n) is 11.3. The maximum absolute atomic E-state index is 15.2. The van der Waals surface area contributed by atoms with Crippen LogP contribution >= 0.6 is 0 Å². The lowest BCUT2D eigenvalue weighted by Crippen LogP contribution is -2.37. The summed E-state index contributed by atoms with van der Waals surface area (Å²) in [7, 11) is -2.36. The summed E-state index contributed by atoms with van der Waals surface area (Å²) in [6.07, 6.45) is 5.49. The van der Waals surface area contributed by atoms with Crippen LogP contribution in [0, 0.1) is 11.6 Å². The number of carbonyl (C=O) groups is 1. The van der Waals surface area contributed by atoms with Crippen molar-refractivity contribution in [3.8, 4) is 17.1 Å². The number of nitrogens with zero attached hydrogens (tertiary/aromatic N) is 5. The van der Waals surface area contributed by atoms with E-state index in [1.807, 2.05) is 4.90 Å². The molecule has 3 N–H and O–H groups in total. The number of fused-ring (bicyclic) bond motifs is 1. The van der Waals surface area contributed by atoms with Gasteiger partial charge in [-0.1, -0.05) is 0 Å². The maximum atomic E-state index is 15.2. The van der Waals surface area contributed by atoms with Gasteiger partial charge in [0.1, 0.15) is 11.5 Å². The Morgan fingerprint density at radius 1 is 1.06 bits per heavy atom. The Hall–Kier alpha value is -4.78. The molecule has 0 spiro atoms. The van der Waals surface area contributed by atoms with Crippen LogP contribution in [0.3, 0.4) is 0 Å². The summed E-state index contributed by atoms with van der Waals surface area (Å²) < 4.78 is 73.1. The van der Waals surface area contributed by atoms with Gasteiger partial charge in [0.15, 0.2) is 17.9 Å². The number of benzene rings is 1. The predicted molar refractivity (Wildman–Crippen MR) is 174 cm³/mol. The summed E-state index contributed by atoms with van der Waals surface area (Å²) >= 11 is 0. The monoisotopic (exact) mass is 700 g/mol. The van der Waals surface area contributed by atoms with Gasteiger partial charge in [0, 0.05) is 61.6 Å². The molecule has 0 radical (unpaired) electrons. The SMILES string of the molecule is COc1ncc(-c2nc(N3CCOCC3)nc3c(CNc4ncc(C(=O)NOC5CCCCO5)cc4F)cc(F)cc23)cc1NS(C)(=O)=O. The van der Waals surface area contributed by atoms with Gasteiger partial charge in [-0.25, -0.2) is 47.5 Å². The third kappa shape index (κ3) is 8.27. The molecule has 0 bridgehead atoms. The number of hydrogen-bond donors (Lipinski definition) is 3. The second kappa shape index (κ2) is 14.8. The minimum absolute atomic E-state index is 0.0285. The Morgan fingerprint density at radius 3 is 2.59 bits per heavy atom. The largest absolute Gasteiger partial charge is 0.480 e. The molecule has 5 heterocycles. The van der Waals surface area contributed by atoms with Crippen molar-refractivity contribution in [3.63, 3.8) is 0 Å². The summed E-state index contributed by atoms with van der Waals surface area (Å²) in [4.78, 5) is 37.6.